The van der Waals surface area contributed by atoms with E-state index in [9.17, 15) is 14.4 Å². The van der Waals surface area contributed by atoms with Crippen LogP contribution < -0.4 is 16.4 Å². The predicted octanol–water partition coefficient (Wildman–Crippen LogP) is 1.99. The van der Waals surface area contributed by atoms with Gasteiger partial charge in [-0.15, -0.1) is 0 Å². The Labute approximate surface area is 177 Å². The molecule has 8 nitrogen and oxygen atoms in total. The minimum absolute atomic E-state index is 0.0169. The van der Waals surface area contributed by atoms with E-state index < -0.39 is 18.0 Å². The third kappa shape index (κ3) is 4.42. The Balaban J connectivity index is 1.45. The lowest BCUT2D eigenvalue weighted by atomic mass is 9.81. The lowest BCUT2D eigenvalue weighted by Crippen LogP contribution is -2.71. The first-order chi connectivity index (χ1) is 14.4. The van der Waals surface area contributed by atoms with Crippen LogP contribution in [0.25, 0.3) is 0 Å². The summed E-state index contributed by atoms with van der Waals surface area (Å²) in [6.45, 7) is 1.99. The molecule has 2 saturated carbocycles. The Morgan fingerprint density at radius 3 is 2.63 bits per heavy atom. The molecule has 1 aliphatic heterocycles. The third-order valence-corrected chi connectivity index (χ3v) is 6.63. The maximum absolute atomic E-state index is 12.9. The molecule has 0 unspecified atom stereocenters. The monoisotopic (exact) mass is 413 g/mol. The summed E-state index contributed by atoms with van der Waals surface area (Å²) in [6.07, 6.45) is 9.62. The number of nitrogen functional groups attached to an aromatic ring is 1. The Morgan fingerprint density at radius 2 is 1.97 bits per heavy atom. The average molecular weight is 414 g/mol. The highest BCUT2D eigenvalue weighted by atomic mass is 16.2. The number of urea groups is 1. The van der Waals surface area contributed by atoms with Crippen molar-refractivity contribution >= 4 is 23.7 Å². The molecule has 4 rings (SSSR count). The standard InChI is InChI=1S/C22H31N5O3/c1-13(15-5-3-2-4-6-15)25-22(30)27-19(20(28)26-16-7-8-16)17(21(27)29)11-14-9-10-24-18(23)12-14/h9-10,12-13,15-17,19H,2-8,11H2,1H3,(H2,23,24)(H,25,30)(H,26,28)/t13-,17+,19+/m1/s1. The number of carbonyl (C=O) groups is 3. The highest BCUT2D eigenvalue weighted by Crippen LogP contribution is 2.33. The molecule has 0 aromatic carbocycles. The molecule has 2 heterocycles. The fourth-order valence-electron chi connectivity index (χ4n) is 4.68. The van der Waals surface area contributed by atoms with Gasteiger partial charge in [-0.05, 0) is 62.6 Å². The van der Waals surface area contributed by atoms with Crippen LogP contribution in [0.2, 0.25) is 0 Å². The normalized spacial score (nSPS) is 25.4. The van der Waals surface area contributed by atoms with Crippen molar-refractivity contribution in [1.29, 1.82) is 0 Å². The van der Waals surface area contributed by atoms with E-state index in [0.29, 0.717) is 18.2 Å². The van der Waals surface area contributed by atoms with Crippen LogP contribution in [0.3, 0.4) is 0 Å². The number of β-lactam (4-membered cyclic amide) rings is 1. The smallest absolute Gasteiger partial charge is 0.325 e. The van der Waals surface area contributed by atoms with Gasteiger partial charge in [-0.2, -0.15) is 0 Å². The number of hydrogen-bond acceptors (Lipinski definition) is 5. The van der Waals surface area contributed by atoms with Crippen molar-refractivity contribution in [3.63, 3.8) is 0 Å². The summed E-state index contributed by atoms with van der Waals surface area (Å²) in [5, 5.41) is 5.94. The summed E-state index contributed by atoms with van der Waals surface area (Å²) in [5.41, 5.74) is 6.58. The number of aromatic nitrogens is 1. The number of likely N-dealkylation sites (tertiary alicyclic amines) is 1. The summed E-state index contributed by atoms with van der Waals surface area (Å²) in [6, 6.07) is 2.39. The van der Waals surface area contributed by atoms with Crippen molar-refractivity contribution < 1.29 is 14.4 Å². The summed E-state index contributed by atoms with van der Waals surface area (Å²) >= 11 is 0. The lowest BCUT2D eigenvalue weighted by molar-refractivity contribution is -0.157. The first-order valence-corrected chi connectivity index (χ1v) is 11.1. The summed E-state index contributed by atoms with van der Waals surface area (Å²) in [5.74, 6) is -0.330. The van der Waals surface area contributed by atoms with Crippen molar-refractivity contribution in [2.75, 3.05) is 5.73 Å². The van der Waals surface area contributed by atoms with Crippen LogP contribution in [0.4, 0.5) is 10.6 Å². The van der Waals surface area contributed by atoms with E-state index in [1.807, 2.05) is 6.92 Å². The third-order valence-electron chi connectivity index (χ3n) is 6.63. The quantitative estimate of drug-likeness (QED) is 0.617. The van der Waals surface area contributed by atoms with Gasteiger partial charge in [-0.3, -0.25) is 14.5 Å². The number of amides is 4. The molecule has 162 valence electrons. The van der Waals surface area contributed by atoms with E-state index in [2.05, 4.69) is 15.6 Å². The highest BCUT2D eigenvalue weighted by Gasteiger charge is 2.55. The van der Waals surface area contributed by atoms with Crippen molar-refractivity contribution in [3.05, 3.63) is 23.9 Å². The van der Waals surface area contributed by atoms with E-state index in [0.717, 1.165) is 36.1 Å². The van der Waals surface area contributed by atoms with Crippen LogP contribution in [-0.2, 0) is 16.0 Å². The van der Waals surface area contributed by atoms with Gasteiger partial charge in [0, 0.05) is 18.3 Å². The van der Waals surface area contributed by atoms with Crippen LogP contribution in [0.5, 0.6) is 0 Å². The van der Waals surface area contributed by atoms with Crippen LogP contribution in [0.1, 0.15) is 57.4 Å². The molecule has 3 fully saturated rings. The fraction of sp³-hybridized carbons (Fsp3) is 0.636. The first-order valence-electron chi connectivity index (χ1n) is 11.1. The minimum Gasteiger partial charge on any atom is -0.384 e. The molecular weight excluding hydrogens is 382 g/mol. The van der Waals surface area contributed by atoms with E-state index in [1.54, 1.807) is 18.3 Å². The molecule has 3 atom stereocenters. The van der Waals surface area contributed by atoms with Crippen molar-refractivity contribution in [3.8, 4) is 0 Å². The van der Waals surface area contributed by atoms with Crippen LogP contribution in [-0.4, -0.2) is 45.9 Å². The van der Waals surface area contributed by atoms with Gasteiger partial charge >= 0.3 is 6.03 Å². The van der Waals surface area contributed by atoms with Gasteiger partial charge in [-0.25, -0.2) is 9.78 Å². The molecule has 1 aromatic rings. The molecule has 0 bridgehead atoms. The number of nitrogens with zero attached hydrogens (tertiary/aromatic N) is 2. The number of carbonyl (C=O) groups excluding carboxylic acids is 3. The number of anilines is 1. The molecule has 1 aromatic heterocycles. The van der Waals surface area contributed by atoms with Gasteiger partial charge in [0.2, 0.25) is 11.8 Å². The molecular formula is C22H31N5O3. The largest absolute Gasteiger partial charge is 0.384 e. The average Bonchev–Trinajstić information content (AvgIpc) is 3.54. The molecule has 2 aliphatic carbocycles. The summed E-state index contributed by atoms with van der Waals surface area (Å²) < 4.78 is 0. The number of rotatable bonds is 6. The topological polar surface area (TPSA) is 117 Å². The second-order valence-electron chi connectivity index (χ2n) is 8.97. The van der Waals surface area contributed by atoms with Gasteiger partial charge in [-0.1, -0.05) is 19.3 Å². The zero-order chi connectivity index (χ0) is 21.3. The van der Waals surface area contributed by atoms with Gasteiger partial charge in [0.1, 0.15) is 11.9 Å². The number of hydrogen-bond donors (Lipinski definition) is 3. The Kier molecular flexibility index (Phi) is 5.92. The van der Waals surface area contributed by atoms with E-state index >= 15 is 0 Å². The molecule has 0 spiro atoms. The summed E-state index contributed by atoms with van der Waals surface area (Å²) in [4.78, 5) is 43.8. The zero-order valence-electron chi connectivity index (χ0n) is 17.5. The summed E-state index contributed by atoms with van der Waals surface area (Å²) in [7, 11) is 0. The SMILES string of the molecule is C[C@@H](NC(=O)N1C(=O)[C@@H](Cc2ccnc(N)c2)[C@H]1C(=O)NC1CC1)C1CCCCC1. The number of imide groups is 1. The second-order valence-corrected chi connectivity index (χ2v) is 8.97. The van der Waals surface area contributed by atoms with Gasteiger partial charge in [0.25, 0.3) is 0 Å². The fourth-order valence-corrected chi connectivity index (χ4v) is 4.68. The minimum atomic E-state index is -0.786. The zero-order valence-corrected chi connectivity index (χ0v) is 17.5. The van der Waals surface area contributed by atoms with Crippen molar-refractivity contribution in [2.45, 2.75) is 76.4 Å². The van der Waals surface area contributed by atoms with E-state index in [1.165, 1.54) is 19.3 Å². The highest BCUT2D eigenvalue weighted by molar-refractivity contribution is 6.09. The molecule has 4 N–H and O–H groups in total. The Hall–Kier alpha value is -2.64. The van der Waals surface area contributed by atoms with Crippen molar-refractivity contribution in [2.24, 2.45) is 11.8 Å². The molecule has 1 saturated heterocycles. The number of nitrogens with two attached hydrogens (primary N) is 1. The number of pyridine rings is 1. The second kappa shape index (κ2) is 8.62. The van der Waals surface area contributed by atoms with E-state index in [-0.39, 0.29) is 23.9 Å². The molecule has 30 heavy (non-hydrogen) atoms. The Bertz CT molecular complexity index is 819. The van der Waals surface area contributed by atoms with Gasteiger partial charge in [0.15, 0.2) is 0 Å². The molecule has 4 amide bonds. The van der Waals surface area contributed by atoms with Crippen LogP contribution >= 0.6 is 0 Å². The molecule has 8 heteroatoms. The van der Waals surface area contributed by atoms with Gasteiger partial charge < -0.3 is 16.4 Å². The van der Waals surface area contributed by atoms with Crippen LogP contribution in [0, 0.1) is 11.8 Å². The number of nitrogens with one attached hydrogen (secondary N) is 2. The molecule has 0 radical (unpaired) electrons. The van der Waals surface area contributed by atoms with Crippen molar-refractivity contribution in [1.82, 2.24) is 20.5 Å². The van der Waals surface area contributed by atoms with Crippen LogP contribution in [0.15, 0.2) is 18.3 Å². The lowest BCUT2D eigenvalue weighted by Gasteiger charge is -2.45. The predicted molar refractivity (Wildman–Crippen MR) is 112 cm³/mol. The first kappa shape index (κ1) is 20.6. The van der Waals surface area contributed by atoms with E-state index in [4.69, 9.17) is 5.73 Å². The Morgan fingerprint density at radius 1 is 1.23 bits per heavy atom. The van der Waals surface area contributed by atoms with Gasteiger partial charge in [0.05, 0.1) is 5.92 Å². The maximum atomic E-state index is 12.9. The molecule has 3 aliphatic rings. The maximum Gasteiger partial charge on any atom is 0.325 e.